The number of nitrogens with zero attached hydrogens (tertiary/aromatic N) is 2. The van der Waals surface area contributed by atoms with Gasteiger partial charge in [0, 0.05) is 42.8 Å². The number of aromatic nitrogens is 1. The van der Waals surface area contributed by atoms with E-state index < -0.39 is 5.82 Å². The first-order valence-electron chi connectivity index (χ1n) is 8.89. The molecule has 1 aromatic carbocycles. The maximum absolute atomic E-state index is 14.0. The van der Waals surface area contributed by atoms with Crippen LogP contribution in [0.25, 0.3) is 0 Å². The van der Waals surface area contributed by atoms with Crippen molar-refractivity contribution in [3.05, 3.63) is 54.0 Å². The van der Waals surface area contributed by atoms with E-state index in [2.05, 4.69) is 4.98 Å². The Morgan fingerprint density at radius 2 is 1.96 bits per heavy atom. The van der Waals surface area contributed by atoms with Crippen LogP contribution in [0.5, 0.6) is 11.6 Å². The highest BCUT2D eigenvalue weighted by molar-refractivity contribution is 5.95. The van der Waals surface area contributed by atoms with Crippen LogP contribution < -0.4 is 9.47 Å². The van der Waals surface area contributed by atoms with Crippen LogP contribution in [0.2, 0.25) is 0 Å². The summed E-state index contributed by atoms with van der Waals surface area (Å²) in [5, 5.41) is 0. The number of amides is 1. The third-order valence-corrected chi connectivity index (χ3v) is 5.25. The Labute approximate surface area is 151 Å². The zero-order valence-corrected chi connectivity index (χ0v) is 14.6. The van der Waals surface area contributed by atoms with E-state index in [4.69, 9.17) is 9.47 Å². The van der Waals surface area contributed by atoms with Crippen molar-refractivity contribution in [1.29, 1.82) is 0 Å². The number of halogens is 1. The lowest BCUT2D eigenvalue weighted by molar-refractivity contribution is 0.0347. The van der Waals surface area contributed by atoms with Gasteiger partial charge in [0.25, 0.3) is 5.91 Å². The quantitative estimate of drug-likeness (QED) is 0.842. The summed E-state index contributed by atoms with van der Waals surface area (Å²) in [5.41, 5.74) is 0.365. The summed E-state index contributed by atoms with van der Waals surface area (Å²) in [4.78, 5) is 19.1. The molecule has 2 aromatic rings. The number of fused-ring (bicyclic) bond motifs is 2. The lowest BCUT2D eigenvalue weighted by atomic mass is 9.98. The number of carbonyl (C=O) groups is 1. The molecule has 5 nitrogen and oxygen atoms in total. The predicted molar refractivity (Wildman–Crippen MR) is 93.8 cm³/mol. The minimum atomic E-state index is -0.515. The third kappa shape index (κ3) is 3.11. The number of hydrogen-bond acceptors (Lipinski definition) is 4. The van der Waals surface area contributed by atoms with Gasteiger partial charge < -0.3 is 14.4 Å². The molecule has 2 fully saturated rings. The minimum Gasteiger partial charge on any atom is -0.494 e. The van der Waals surface area contributed by atoms with Crippen molar-refractivity contribution >= 4 is 5.91 Å². The average Bonchev–Trinajstić information content (AvgIpc) is 2.92. The Kier molecular flexibility index (Phi) is 4.49. The normalized spacial score (nSPS) is 24.4. The largest absolute Gasteiger partial charge is 0.494 e. The molecule has 1 aromatic heterocycles. The molecule has 2 unspecified atom stereocenters. The fourth-order valence-corrected chi connectivity index (χ4v) is 4.09. The van der Waals surface area contributed by atoms with Crippen molar-refractivity contribution in [3.8, 4) is 11.6 Å². The number of ether oxygens (including phenoxy) is 2. The van der Waals surface area contributed by atoms with Crippen LogP contribution in [0.4, 0.5) is 4.39 Å². The van der Waals surface area contributed by atoms with E-state index in [1.54, 1.807) is 12.3 Å². The van der Waals surface area contributed by atoms with Crippen LogP contribution in [0.1, 0.15) is 36.0 Å². The highest BCUT2D eigenvalue weighted by Gasteiger charge is 2.44. The maximum atomic E-state index is 14.0. The number of carbonyl (C=O) groups excluding carboxylic acids is 1. The molecule has 6 heteroatoms. The van der Waals surface area contributed by atoms with Gasteiger partial charge in [-0.1, -0.05) is 6.07 Å². The van der Waals surface area contributed by atoms with E-state index in [-0.39, 0.29) is 29.8 Å². The SMILES string of the molecule is COc1ccc(C(=O)N2C3CCC2CC(Oc2ccccn2)C3)cc1F. The van der Waals surface area contributed by atoms with Gasteiger partial charge in [0.05, 0.1) is 7.11 Å². The van der Waals surface area contributed by atoms with Gasteiger partial charge in [0.2, 0.25) is 5.88 Å². The summed E-state index contributed by atoms with van der Waals surface area (Å²) in [7, 11) is 1.41. The molecule has 2 saturated heterocycles. The molecular weight excluding hydrogens is 335 g/mol. The average molecular weight is 356 g/mol. The summed E-state index contributed by atoms with van der Waals surface area (Å²) < 4.78 is 24.9. The highest BCUT2D eigenvalue weighted by atomic mass is 19.1. The monoisotopic (exact) mass is 356 g/mol. The number of rotatable bonds is 4. The molecule has 1 amide bonds. The number of benzene rings is 1. The molecule has 0 N–H and O–H groups in total. The molecule has 0 aliphatic carbocycles. The topological polar surface area (TPSA) is 51.7 Å². The van der Waals surface area contributed by atoms with E-state index in [1.807, 2.05) is 23.1 Å². The summed E-state index contributed by atoms with van der Waals surface area (Å²) in [6.45, 7) is 0. The molecule has 3 heterocycles. The smallest absolute Gasteiger partial charge is 0.254 e. The fourth-order valence-electron chi connectivity index (χ4n) is 4.09. The second-order valence-electron chi connectivity index (χ2n) is 6.83. The lowest BCUT2D eigenvalue weighted by Crippen LogP contribution is -2.49. The molecule has 0 spiro atoms. The van der Waals surface area contributed by atoms with Gasteiger partial charge in [0.15, 0.2) is 11.6 Å². The van der Waals surface area contributed by atoms with Crippen molar-refractivity contribution in [2.45, 2.75) is 43.9 Å². The van der Waals surface area contributed by atoms with E-state index in [9.17, 15) is 9.18 Å². The van der Waals surface area contributed by atoms with Gasteiger partial charge in [0.1, 0.15) is 6.10 Å². The fraction of sp³-hybridized carbons (Fsp3) is 0.400. The van der Waals surface area contributed by atoms with E-state index >= 15 is 0 Å². The number of pyridine rings is 1. The molecule has 136 valence electrons. The lowest BCUT2D eigenvalue weighted by Gasteiger charge is -2.38. The Morgan fingerprint density at radius 3 is 2.58 bits per heavy atom. The molecule has 2 bridgehead atoms. The number of methoxy groups -OCH3 is 1. The van der Waals surface area contributed by atoms with Gasteiger partial charge in [-0.15, -0.1) is 0 Å². The summed E-state index contributed by atoms with van der Waals surface area (Å²) >= 11 is 0. The molecule has 0 saturated carbocycles. The third-order valence-electron chi connectivity index (χ3n) is 5.25. The van der Waals surface area contributed by atoms with Gasteiger partial charge in [-0.25, -0.2) is 9.37 Å². The second-order valence-corrected chi connectivity index (χ2v) is 6.83. The molecular formula is C20H21FN2O3. The minimum absolute atomic E-state index is 0.0547. The van der Waals surface area contributed by atoms with E-state index in [0.717, 1.165) is 25.7 Å². The Balaban J connectivity index is 1.48. The van der Waals surface area contributed by atoms with E-state index in [0.29, 0.717) is 11.4 Å². The van der Waals surface area contributed by atoms with Crippen molar-refractivity contribution in [1.82, 2.24) is 9.88 Å². The number of piperidine rings is 1. The van der Waals surface area contributed by atoms with E-state index in [1.165, 1.54) is 19.2 Å². The first-order chi connectivity index (χ1) is 12.7. The first kappa shape index (κ1) is 16.8. The number of hydrogen-bond donors (Lipinski definition) is 0. The zero-order valence-electron chi connectivity index (χ0n) is 14.6. The highest BCUT2D eigenvalue weighted by Crippen LogP contribution is 2.38. The molecule has 2 aliphatic heterocycles. The molecule has 4 rings (SSSR count). The summed E-state index contributed by atoms with van der Waals surface area (Å²) in [6.07, 6.45) is 5.23. The molecule has 0 radical (unpaired) electrons. The zero-order chi connectivity index (χ0) is 18.1. The van der Waals surface area contributed by atoms with Crippen LogP contribution in [0.3, 0.4) is 0 Å². The van der Waals surface area contributed by atoms with Crippen LogP contribution in [-0.2, 0) is 0 Å². The van der Waals surface area contributed by atoms with Crippen LogP contribution >= 0.6 is 0 Å². The summed E-state index contributed by atoms with van der Waals surface area (Å²) in [6, 6.07) is 10.2. The standard InChI is InChI=1S/C20H21FN2O3/c1-25-18-8-5-13(10-17(18)21)20(24)23-14-6-7-15(23)12-16(11-14)26-19-4-2-3-9-22-19/h2-5,8-10,14-16H,6-7,11-12H2,1H3. The van der Waals surface area contributed by atoms with Gasteiger partial charge in [-0.05, 0) is 37.1 Å². The predicted octanol–water partition coefficient (Wildman–Crippen LogP) is 3.44. The Hall–Kier alpha value is -2.63. The molecule has 2 atom stereocenters. The van der Waals surface area contributed by atoms with Gasteiger partial charge in [-0.2, -0.15) is 0 Å². The van der Waals surface area contributed by atoms with Crippen LogP contribution in [0, 0.1) is 5.82 Å². The van der Waals surface area contributed by atoms with Gasteiger partial charge in [-0.3, -0.25) is 4.79 Å². The Morgan fingerprint density at radius 1 is 1.19 bits per heavy atom. The van der Waals surface area contributed by atoms with Crippen molar-refractivity contribution < 1.29 is 18.7 Å². The maximum Gasteiger partial charge on any atom is 0.254 e. The van der Waals surface area contributed by atoms with Crippen molar-refractivity contribution in [3.63, 3.8) is 0 Å². The molecule has 26 heavy (non-hydrogen) atoms. The Bertz CT molecular complexity index is 785. The van der Waals surface area contributed by atoms with Gasteiger partial charge >= 0.3 is 0 Å². The summed E-state index contributed by atoms with van der Waals surface area (Å²) in [5.74, 6) is 0.135. The van der Waals surface area contributed by atoms with Crippen LogP contribution in [-0.4, -0.2) is 41.1 Å². The van der Waals surface area contributed by atoms with Crippen molar-refractivity contribution in [2.24, 2.45) is 0 Å². The van der Waals surface area contributed by atoms with Crippen molar-refractivity contribution in [2.75, 3.05) is 7.11 Å². The molecule has 2 aliphatic rings. The van der Waals surface area contributed by atoms with Crippen LogP contribution in [0.15, 0.2) is 42.6 Å². The first-order valence-corrected chi connectivity index (χ1v) is 8.89. The second kappa shape index (κ2) is 6.94.